The molecule has 0 saturated carbocycles. The molecule has 0 spiro atoms. The Morgan fingerprint density at radius 1 is 1.00 bits per heavy atom. The zero-order chi connectivity index (χ0) is 15.5. The summed E-state index contributed by atoms with van der Waals surface area (Å²) < 4.78 is 0. The summed E-state index contributed by atoms with van der Waals surface area (Å²) in [5, 5.41) is 0. The Morgan fingerprint density at radius 3 is 2.05 bits per heavy atom. The third-order valence-corrected chi connectivity index (χ3v) is 4.30. The van der Waals surface area contributed by atoms with Crippen molar-refractivity contribution >= 4 is 17.8 Å². The summed E-state index contributed by atoms with van der Waals surface area (Å²) in [6.07, 6.45) is 3.06. The lowest BCUT2D eigenvalue weighted by molar-refractivity contribution is 0.733. The molecule has 1 heteroatoms. The summed E-state index contributed by atoms with van der Waals surface area (Å²) in [7, 11) is 0. The number of hydrogen-bond acceptors (Lipinski definition) is 1. The Kier molecular flexibility index (Phi) is 8.61. The second-order valence-corrected chi connectivity index (χ2v) is 6.26. The van der Waals surface area contributed by atoms with Crippen LogP contribution in [0.3, 0.4) is 0 Å². The molecule has 1 unspecified atom stereocenters. The average Bonchev–Trinajstić information content (AvgIpc) is 2.56. The van der Waals surface area contributed by atoms with Gasteiger partial charge < -0.3 is 0 Å². The van der Waals surface area contributed by atoms with Gasteiger partial charge in [-0.25, -0.2) is 0 Å². The smallest absolute Gasteiger partial charge is 0.00720 e. The molecule has 0 amide bonds. The van der Waals surface area contributed by atoms with Gasteiger partial charge in [0.2, 0.25) is 0 Å². The van der Waals surface area contributed by atoms with Crippen molar-refractivity contribution in [1.82, 2.24) is 0 Å². The monoisotopic (exact) mass is 298 g/mol. The van der Waals surface area contributed by atoms with Crippen LogP contribution in [-0.4, -0.2) is 5.75 Å². The van der Waals surface area contributed by atoms with E-state index in [1.807, 2.05) is 48.2 Å². The third kappa shape index (κ3) is 6.68. The molecule has 0 bridgehead atoms. The molecule has 112 valence electrons. The lowest BCUT2D eigenvalue weighted by atomic mass is 9.99. The number of benzene rings is 2. The van der Waals surface area contributed by atoms with E-state index >= 15 is 0 Å². The first-order valence-electron chi connectivity index (χ1n) is 7.61. The number of thioether (sulfide) groups is 1. The highest BCUT2D eigenvalue weighted by atomic mass is 32.2. The minimum absolute atomic E-state index is 0.695. The van der Waals surface area contributed by atoms with Gasteiger partial charge in [-0.05, 0) is 41.4 Å². The van der Waals surface area contributed by atoms with Crippen LogP contribution in [-0.2, 0) is 0 Å². The molecule has 0 aliphatic rings. The van der Waals surface area contributed by atoms with Crippen molar-refractivity contribution in [1.29, 1.82) is 0 Å². The minimum Gasteiger partial charge on any atom is -0.126 e. The molecule has 21 heavy (non-hydrogen) atoms. The van der Waals surface area contributed by atoms with Gasteiger partial charge in [0, 0.05) is 4.90 Å². The largest absolute Gasteiger partial charge is 0.126 e. The van der Waals surface area contributed by atoms with Crippen molar-refractivity contribution in [3.05, 3.63) is 72.3 Å². The van der Waals surface area contributed by atoms with Crippen LogP contribution >= 0.6 is 11.8 Å². The van der Waals surface area contributed by atoms with E-state index in [4.69, 9.17) is 0 Å². The lowest BCUT2D eigenvalue weighted by Crippen LogP contribution is -1.90. The van der Waals surface area contributed by atoms with E-state index in [0.717, 1.165) is 5.75 Å². The highest BCUT2D eigenvalue weighted by Crippen LogP contribution is 2.23. The molecule has 0 aliphatic heterocycles. The van der Waals surface area contributed by atoms with Gasteiger partial charge in [0.15, 0.2) is 0 Å². The molecule has 2 aromatic carbocycles. The van der Waals surface area contributed by atoms with Crippen molar-refractivity contribution in [2.45, 2.75) is 38.0 Å². The zero-order valence-electron chi connectivity index (χ0n) is 13.4. The normalized spacial score (nSPS) is 11.2. The van der Waals surface area contributed by atoms with Gasteiger partial charge in [-0.3, -0.25) is 0 Å². The number of hydrogen-bond donors (Lipinski definition) is 0. The molecule has 1 atom stereocenters. The van der Waals surface area contributed by atoms with Crippen LogP contribution < -0.4 is 0 Å². The molecule has 0 saturated heterocycles. The minimum atomic E-state index is 0.695. The summed E-state index contributed by atoms with van der Waals surface area (Å²) in [6.45, 7) is 10.3. The molecule has 2 rings (SSSR count). The van der Waals surface area contributed by atoms with Crippen LogP contribution in [0.25, 0.3) is 6.08 Å². The molecule has 0 aliphatic carbocycles. The van der Waals surface area contributed by atoms with E-state index in [2.05, 4.69) is 51.6 Å². The topological polar surface area (TPSA) is 0 Å². The fraction of sp³-hybridized carbons (Fsp3) is 0.300. The first-order valence-corrected chi connectivity index (χ1v) is 8.60. The second-order valence-electron chi connectivity index (χ2n) is 4.93. The number of rotatable bonds is 5. The maximum absolute atomic E-state index is 3.63. The lowest BCUT2D eigenvalue weighted by Gasteiger charge is -2.08. The van der Waals surface area contributed by atoms with Crippen molar-refractivity contribution in [3.8, 4) is 0 Å². The van der Waals surface area contributed by atoms with Gasteiger partial charge in [-0.1, -0.05) is 75.9 Å². The van der Waals surface area contributed by atoms with Crippen molar-refractivity contribution in [2.75, 3.05) is 5.75 Å². The van der Waals surface area contributed by atoms with Crippen molar-refractivity contribution in [2.24, 2.45) is 0 Å². The van der Waals surface area contributed by atoms with Crippen molar-refractivity contribution < 1.29 is 0 Å². The van der Waals surface area contributed by atoms with E-state index in [1.165, 1.54) is 22.4 Å². The maximum Gasteiger partial charge on any atom is 0.00720 e. The Morgan fingerprint density at radius 2 is 1.62 bits per heavy atom. The Bertz CT molecular complexity index is 499. The summed E-state index contributed by atoms with van der Waals surface area (Å²) in [5.74, 6) is 1.85. The van der Waals surface area contributed by atoms with Crippen molar-refractivity contribution in [3.63, 3.8) is 0 Å². The predicted octanol–water partition coefficient (Wildman–Crippen LogP) is 6.64. The van der Waals surface area contributed by atoms with Crippen LogP contribution in [0, 0.1) is 0 Å². The van der Waals surface area contributed by atoms with Crippen LogP contribution in [0.15, 0.2) is 66.1 Å². The van der Waals surface area contributed by atoms with Gasteiger partial charge in [0.25, 0.3) is 0 Å². The zero-order valence-corrected chi connectivity index (χ0v) is 14.2. The van der Waals surface area contributed by atoms with E-state index in [1.54, 1.807) is 0 Å². The molecule has 0 nitrogen and oxygen atoms in total. The van der Waals surface area contributed by atoms with E-state index in [-0.39, 0.29) is 0 Å². The highest BCUT2D eigenvalue weighted by Gasteiger charge is 2.01. The SMILES string of the molecule is C=Cc1ccccc1.CCSc1ccc(C(C)CC)cc1. The molecule has 0 N–H and O–H groups in total. The van der Waals surface area contributed by atoms with Gasteiger partial charge in [0.05, 0.1) is 0 Å². The van der Waals surface area contributed by atoms with Crippen LogP contribution in [0.5, 0.6) is 0 Å². The molecular formula is C20H26S. The molecule has 0 heterocycles. The first-order chi connectivity index (χ1) is 10.2. The van der Waals surface area contributed by atoms with Crippen LogP contribution in [0.4, 0.5) is 0 Å². The Balaban J connectivity index is 0.000000235. The van der Waals surface area contributed by atoms with Crippen LogP contribution in [0.1, 0.15) is 44.2 Å². The summed E-state index contributed by atoms with van der Waals surface area (Å²) in [4.78, 5) is 1.38. The summed E-state index contributed by atoms with van der Waals surface area (Å²) in [6, 6.07) is 19.0. The molecule has 0 radical (unpaired) electrons. The molecule has 2 aromatic rings. The summed E-state index contributed by atoms with van der Waals surface area (Å²) >= 11 is 1.90. The fourth-order valence-corrected chi connectivity index (χ4v) is 2.55. The standard InChI is InChI=1S/C12H18S.C8H8/c1-4-10(3)11-6-8-12(9-7-11)13-5-2;1-2-8-6-4-3-5-7-8/h6-10H,4-5H2,1-3H3;2-7H,1H2. The molecule has 0 fully saturated rings. The van der Waals surface area contributed by atoms with Gasteiger partial charge >= 0.3 is 0 Å². The highest BCUT2D eigenvalue weighted by molar-refractivity contribution is 7.99. The van der Waals surface area contributed by atoms with Crippen LogP contribution in [0.2, 0.25) is 0 Å². The average molecular weight is 298 g/mol. The second kappa shape index (κ2) is 10.3. The Hall–Kier alpha value is -1.47. The summed E-state index contributed by atoms with van der Waals surface area (Å²) in [5.41, 5.74) is 2.63. The maximum atomic E-state index is 3.63. The first kappa shape index (κ1) is 17.6. The third-order valence-electron chi connectivity index (χ3n) is 3.41. The molecule has 0 aromatic heterocycles. The fourth-order valence-electron chi connectivity index (χ4n) is 1.88. The van der Waals surface area contributed by atoms with E-state index in [0.29, 0.717) is 5.92 Å². The van der Waals surface area contributed by atoms with Gasteiger partial charge in [0.1, 0.15) is 0 Å². The van der Waals surface area contributed by atoms with Gasteiger partial charge in [-0.2, -0.15) is 0 Å². The van der Waals surface area contributed by atoms with E-state index < -0.39 is 0 Å². The van der Waals surface area contributed by atoms with Gasteiger partial charge in [-0.15, -0.1) is 11.8 Å². The Labute approximate surface area is 134 Å². The van der Waals surface area contributed by atoms with E-state index in [9.17, 15) is 0 Å². The quantitative estimate of drug-likeness (QED) is 0.557. The molecular weight excluding hydrogens is 272 g/mol. The predicted molar refractivity (Wildman–Crippen MR) is 98.1 cm³/mol.